The molecule has 5 aromatic heterocycles. The lowest BCUT2D eigenvalue weighted by molar-refractivity contribution is 0.260. The van der Waals surface area contributed by atoms with Gasteiger partial charge in [-0.05, 0) is 38.4 Å². The summed E-state index contributed by atoms with van der Waals surface area (Å²) in [5, 5.41) is 8.38. The first-order valence-corrected chi connectivity index (χ1v) is 13.5. The molecule has 1 fully saturated rings. The maximum atomic E-state index is 14.6. The van der Waals surface area contributed by atoms with Crippen molar-refractivity contribution in [2.75, 3.05) is 45.2 Å². The van der Waals surface area contributed by atoms with Crippen molar-refractivity contribution in [3.63, 3.8) is 0 Å². The highest BCUT2D eigenvalue weighted by molar-refractivity contribution is 5.96. The van der Waals surface area contributed by atoms with Crippen LogP contribution < -0.4 is 15.4 Å². The van der Waals surface area contributed by atoms with Gasteiger partial charge in [0.05, 0.1) is 41.0 Å². The van der Waals surface area contributed by atoms with Gasteiger partial charge in [-0.3, -0.25) is 20.1 Å². The molecule has 1 aromatic carbocycles. The number of ether oxygens (including phenoxy) is 1. The number of rotatable bonds is 8. The van der Waals surface area contributed by atoms with Crippen molar-refractivity contribution < 1.29 is 9.13 Å². The van der Waals surface area contributed by atoms with Crippen molar-refractivity contribution in [1.29, 1.82) is 0 Å². The number of hydrogen-bond donors (Lipinski definition) is 3. The van der Waals surface area contributed by atoms with Crippen LogP contribution in [0.5, 0.6) is 5.75 Å². The minimum Gasteiger partial charge on any atom is -0.492 e. The molecular weight excluding hydrogens is 537 g/mol. The number of fused-ring (bicyclic) bond motifs is 2. The van der Waals surface area contributed by atoms with Crippen molar-refractivity contribution >= 4 is 27.8 Å². The first-order valence-electron chi connectivity index (χ1n) is 13.5. The zero-order valence-electron chi connectivity index (χ0n) is 23.0. The minimum absolute atomic E-state index is 0.155. The van der Waals surface area contributed by atoms with Gasteiger partial charge in [-0.1, -0.05) is 0 Å². The van der Waals surface area contributed by atoms with Gasteiger partial charge in [0, 0.05) is 48.9 Å². The van der Waals surface area contributed by atoms with E-state index in [0.717, 1.165) is 35.3 Å². The summed E-state index contributed by atoms with van der Waals surface area (Å²) in [5.41, 5.74) is 11.0. The van der Waals surface area contributed by atoms with Gasteiger partial charge in [0.2, 0.25) is 0 Å². The Hall–Kier alpha value is -5.01. The molecule has 12 nitrogen and oxygen atoms in total. The molecule has 4 N–H and O–H groups in total. The number of halogens is 1. The normalized spacial score (nSPS) is 13.8. The number of likely N-dealkylation sites (N-methyl/N-ethyl adjacent to an activating group) is 1. The Balaban J connectivity index is 1.24. The summed E-state index contributed by atoms with van der Waals surface area (Å²) >= 11 is 0. The van der Waals surface area contributed by atoms with Crippen molar-refractivity contribution in [3.8, 4) is 39.9 Å². The van der Waals surface area contributed by atoms with Crippen molar-refractivity contribution in [2.45, 2.75) is 6.04 Å². The second kappa shape index (κ2) is 10.4. The predicted octanol–water partition coefficient (Wildman–Crippen LogP) is 3.25. The standard InChI is InChI=1S/C29H28FN11O/c1-40(2)5-6-42-19-8-16(7-17(30)9-19)26-28-21(3-4-33-26)36-29(37-28)27-20-10-22(34-12-23(20)38-39-27)24-11-32-13-25(35-24)41-14-18(31)15-41/h3-4,7-13,18H,5-6,14-15,31H2,1-2H3,(H,36,37)(H,38,39). The highest BCUT2D eigenvalue weighted by atomic mass is 19.1. The topological polar surface area (TPSA) is 151 Å². The molecule has 0 saturated carbocycles. The van der Waals surface area contributed by atoms with Gasteiger partial charge in [0.25, 0.3) is 0 Å². The van der Waals surface area contributed by atoms with Crippen molar-refractivity contribution in [1.82, 2.24) is 45.0 Å². The molecule has 42 heavy (non-hydrogen) atoms. The van der Waals surface area contributed by atoms with Crippen LogP contribution in [-0.2, 0) is 0 Å². The summed E-state index contributed by atoms with van der Waals surface area (Å²) < 4.78 is 20.4. The van der Waals surface area contributed by atoms with Crippen LogP contribution >= 0.6 is 0 Å². The van der Waals surface area contributed by atoms with E-state index in [1.807, 2.05) is 31.1 Å². The third-order valence-electron chi connectivity index (χ3n) is 7.14. The molecule has 0 aliphatic carbocycles. The Bertz CT molecular complexity index is 1910. The van der Waals surface area contributed by atoms with Crippen molar-refractivity contribution in [2.24, 2.45) is 5.73 Å². The molecule has 1 aliphatic rings. The molecule has 0 radical (unpaired) electrons. The Morgan fingerprint density at radius 2 is 1.90 bits per heavy atom. The average Bonchev–Trinajstić information content (AvgIpc) is 3.59. The van der Waals surface area contributed by atoms with E-state index >= 15 is 0 Å². The summed E-state index contributed by atoms with van der Waals surface area (Å²) in [6.45, 7) is 2.65. The summed E-state index contributed by atoms with van der Waals surface area (Å²) in [5.74, 6) is 1.33. The van der Waals surface area contributed by atoms with Gasteiger partial charge in [0.15, 0.2) is 5.82 Å². The molecule has 0 atom stereocenters. The lowest BCUT2D eigenvalue weighted by Crippen LogP contribution is -2.56. The van der Waals surface area contributed by atoms with E-state index in [9.17, 15) is 4.39 Å². The molecule has 13 heteroatoms. The number of anilines is 1. The zero-order chi connectivity index (χ0) is 28.8. The Kier molecular flexibility index (Phi) is 6.44. The maximum absolute atomic E-state index is 14.6. The fourth-order valence-corrected chi connectivity index (χ4v) is 4.96. The second-order valence-corrected chi connectivity index (χ2v) is 10.6. The first-order chi connectivity index (χ1) is 20.4. The highest BCUT2D eigenvalue weighted by Crippen LogP contribution is 2.33. The number of hydrogen-bond acceptors (Lipinski definition) is 10. The van der Waals surface area contributed by atoms with Gasteiger partial charge in [-0.15, -0.1) is 0 Å². The number of aromatic amines is 2. The summed E-state index contributed by atoms with van der Waals surface area (Å²) in [6, 6.07) is 8.48. The number of H-pyrrole nitrogens is 2. The van der Waals surface area contributed by atoms with E-state index in [-0.39, 0.29) is 6.04 Å². The molecule has 0 amide bonds. The van der Waals surface area contributed by atoms with Crippen LogP contribution in [0.25, 0.3) is 56.1 Å². The van der Waals surface area contributed by atoms with Gasteiger partial charge < -0.3 is 25.3 Å². The Morgan fingerprint density at radius 1 is 1.02 bits per heavy atom. The van der Waals surface area contributed by atoms with E-state index in [1.54, 1.807) is 30.9 Å². The van der Waals surface area contributed by atoms with Crippen LogP contribution in [0, 0.1) is 5.82 Å². The van der Waals surface area contributed by atoms with Gasteiger partial charge >= 0.3 is 0 Å². The van der Waals surface area contributed by atoms with E-state index in [1.165, 1.54) is 12.1 Å². The van der Waals surface area contributed by atoms with Crippen LogP contribution in [0.2, 0.25) is 0 Å². The van der Waals surface area contributed by atoms with Crippen LogP contribution in [0.1, 0.15) is 0 Å². The molecule has 0 bridgehead atoms. The smallest absolute Gasteiger partial charge is 0.159 e. The summed E-state index contributed by atoms with van der Waals surface area (Å²) in [7, 11) is 3.91. The SMILES string of the molecule is CN(C)CCOc1cc(F)cc(-c2nccc3[nH]c(-c4n[nH]c5cnc(-c6cncc(N7CC(N)C7)n6)cc45)nc23)c1. The predicted molar refractivity (Wildman–Crippen MR) is 157 cm³/mol. The Labute approximate surface area is 239 Å². The largest absolute Gasteiger partial charge is 0.492 e. The number of benzene rings is 1. The molecule has 0 unspecified atom stereocenters. The molecular formula is C29H28FN11O. The third-order valence-corrected chi connectivity index (χ3v) is 7.14. The maximum Gasteiger partial charge on any atom is 0.159 e. The van der Waals surface area contributed by atoms with Gasteiger partial charge in [0.1, 0.15) is 40.9 Å². The lowest BCUT2D eigenvalue weighted by Gasteiger charge is -2.37. The zero-order valence-corrected chi connectivity index (χ0v) is 23.0. The fraction of sp³-hybridized carbons (Fsp3) is 0.241. The molecule has 6 aromatic rings. The summed E-state index contributed by atoms with van der Waals surface area (Å²) in [4.78, 5) is 30.5. The number of pyridine rings is 2. The van der Waals surface area contributed by atoms with Crippen LogP contribution in [0.3, 0.4) is 0 Å². The summed E-state index contributed by atoms with van der Waals surface area (Å²) in [6.07, 6.45) is 6.80. The number of imidazole rings is 1. The molecule has 1 aliphatic heterocycles. The third kappa shape index (κ3) is 4.88. The Morgan fingerprint density at radius 3 is 2.74 bits per heavy atom. The molecule has 212 valence electrons. The number of nitrogens with zero attached hydrogens (tertiary/aromatic N) is 8. The molecule has 1 saturated heterocycles. The molecule has 6 heterocycles. The monoisotopic (exact) mass is 565 g/mol. The van der Waals surface area contributed by atoms with Crippen LogP contribution in [0.4, 0.5) is 10.2 Å². The molecule has 0 spiro atoms. The van der Waals surface area contributed by atoms with Gasteiger partial charge in [-0.25, -0.2) is 14.4 Å². The highest BCUT2D eigenvalue weighted by Gasteiger charge is 2.25. The number of nitrogens with two attached hydrogens (primary N) is 1. The van der Waals surface area contributed by atoms with Crippen LogP contribution in [-0.4, -0.2) is 91.4 Å². The van der Waals surface area contributed by atoms with E-state index in [0.29, 0.717) is 58.6 Å². The lowest BCUT2D eigenvalue weighted by atomic mass is 10.1. The quantitative estimate of drug-likeness (QED) is 0.251. The van der Waals surface area contributed by atoms with Gasteiger partial charge in [-0.2, -0.15) is 5.10 Å². The molecule has 7 rings (SSSR count). The second-order valence-electron chi connectivity index (χ2n) is 10.6. The van der Waals surface area contributed by atoms with Crippen molar-refractivity contribution in [3.05, 3.63) is 60.9 Å². The van der Waals surface area contributed by atoms with E-state index < -0.39 is 5.82 Å². The van der Waals surface area contributed by atoms with E-state index in [2.05, 4.69) is 35.0 Å². The number of nitrogens with one attached hydrogen (secondary N) is 2. The van der Waals surface area contributed by atoms with E-state index in [4.69, 9.17) is 20.4 Å². The van der Waals surface area contributed by atoms with Crippen LogP contribution in [0.15, 0.2) is 55.1 Å². The minimum atomic E-state index is -0.413. The average molecular weight is 566 g/mol. The number of aromatic nitrogens is 8. The fourth-order valence-electron chi connectivity index (χ4n) is 4.96. The first kappa shape index (κ1) is 25.9.